The topological polar surface area (TPSA) is 101 Å². The Morgan fingerprint density at radius 2 is 1.59 bits per heavy atom. The molecular formula is C29H30FN3O5S. The highest BCUT2D eigenvalue weighted by Gasteiger charge is 2.32. The molecule has 1 fully saturated rings. The first kappa shape index (κ1) is 26.8. The van der Waals surface area contributed by atoms with Gasteiger partial charge < -0.3 is 14.9 Å². The van der Waals surface area contributed by atoms with Gasteiger partial charge >= 0.3 is 5.97 Å². The van der Waals surface area contributed by atoms with Gasteiger partial charge in [0, 0.05) is 37.4 Å². The molecule has 204 valence electrons. The van der Waals surface area contributed by atoms with Crippen molar-refractivity contribution in [2.45, 2.75) is 38.1 Å². The number of fused-ring (bicyclic) bond motifs is 1. The van der Waals surface area contributed by atoms with E-state index in [0.717, 1.165) is 34.1 Å². The maximum atomic E-state index is 13.5. The van der Waals surface area contributed by atoms with E-state index in [1.807, 2.05) is 12.1 Å². The molecule has 0 aromatic heterocycles. The highest BCUT2D eigenvalue weighted by atomic mass is 32.2. The maximum absolute atomic E-state index is 13.5. The van der Waals surface area contributed by atoms with Gasteiger partial charge in [-0.25, -0.2) is 13.4 Å². The van der Waals surface area contributed by atoms with Crippen LogP contribution in [-0.4, -0.2) is 51.4 Å². The summed E-state index contributed by atoms with van der Waals surface area (Å²) in [5.74, 6) is -2.00. The molecule has 39 heavy (non-hydrogen) atoms. The molecule has 8 nitrogen and oxygen atoms in total. The number of anilines is 3. The molecule has 1 saturated heterocycles. The van der Waals surface area contributed by atoms with E-state index in [1.54, 1.807) is 30.3 Å². The number of carbonyl (C=O) groups is 2. The fraction of sp³-hybridized carbons (Fsp3) is 0.310. The van der Waals surface area contributed by atoms with Crippen LogP contribution in [0.5, 0.6) is 0 Å². The number of carbonyl (C=O) groups excluding carboxylic acids is 1. The second-order valence-electron chi connectivity index (χ2n) is 9.81. The number of hydrogen-bond acceptors (Lipinski definition) is 4. The number of hydrogen-bond donors (Lipinski definition) is 2. The Labute approximate surface area is 229 Å². The predicted octanol–water partition coefficient (Wildman–Crippen LogP) is 4.86. The third-order valence-electron chi connectivity index (χ3n) is 7.40. The molecule has 2 heterocycles. The van der Waals surface area contributed by atoms with E-state index in [0.29, 0.717) is 18.7 Å². The molecule has 3 aromatic carbocycles. The van der Waals surface area contributed by atoms with E-state index < -0.39 is 23.3 Å². The summed E-state index contributed by atoms with van der Waals surface area (Å²) in [5.41, 5.74) is 4.64. The SMILES string of the molecule is O=C(O)C(CCC(=O)N1CCc2cc(F)ccc21)N(c1ccc(-c2ccc(N3CCCC3)cc2)cc1)S(=O)O. The Hall–Kier alpha value is -3.76. The van der Waals surface area contributed by atoms with Gasteiger partial charge in [-0.05, 0) is 84.8 Å². The quantitative estimate of drug-likeness (QED) is 0.369. The highest BCUT2D eigenvalue weighted by molar-refractivity contribution is 7.80. The van der Waals surface area contributed by atoms with Crippen molar-refractivity contribution < 1.29 is 27.8 Å². The van der Waals surface area contributed by atoms with Crippen LogP contribution in [0.4, 0.5) is 21.5 Å². The van der Waals surface area contributed by atoms with Crippen LogP contribution < -0.4 is 14.1 Å². The highest BCUT2D eigenvalue weighted by Crippen LogP contribution is 2.31. The largest absolute Gasteiger partial charge is 0.480 e. The third kappa shape index (κ3) is 5.81. The minimum Gasteiger partial charge on any atom is -0.480 e. The van der Waals surface area contributed by atoms with Gasteiger partial charge in [0.15, 0.2) is 0 Å². The van der Waals surface area contributed by atoms with Crippen molar-refractivity contribution in [2.75, 3.05) is 33.7 Å². The lowest BCUT2D eigenvalue weighted by molar-refractivity contribution is -0.138. The lowest BCUT2D eigenvalue weighted by Crippen LogP contribution is -2.43. The zero-order valence-electron chi connectivity index (χ0n) is 21.3. The second kappa shape index (κ2) is 11.5. The summed E-state index contributed by atoms with van der Waals surface area (Å²) in [6.45, 7) is 2.50. The first-order chi connectivity index (χ1) is 18.8. The number of amides is 1. The standard InChI is InChI=1S/C29H30FN3O5S/c30-23-7-12-26-22(19-23)15-18-32(26)28(34)14-13-27(29(35)36)33(39(37)38)25-10-5-21(6-11-25)20-3-8-24(9-4-20)31-16-1-2-17-31/h3-12,19,27H,1-2,13-18H2,(H,35,36)(H,37,38). The van der Waals surface area contributed by atoms with Crippen LogP contribution in [0.25, 0.3) is 11.1 Å². The average Bonchev–Trinajstić information content (AvgIpc) is 3.61. The molecule has 0 saturated carbocycles. The molecule has 0 aliphatic carbocycles. The molecule has 0 radical (unpaired) electrons. The van der Waals surface area contributed by atoms with Crippen LogP contribution in [-0.2, 0) is 27.3 Å². The first-order valence-electron chi connectivity index (χ1n) is 13.0. The van der Waals surface area contributed by atoms with Gasteiger partial charge in [0.05, 0.1) is 5.69 Å². The molecule has 0 spiro atoms. The Morgan fingerprint density at radius 3 is 2.21 bits per heavy atom. The molecule has 2 aliphatic heterocycles. The Balaban J connectivity index is 1.29. The molecule has 5 rings (SSSR count). The number of rotatable bonds is 9. The van der Waals surface area contributed by atoms with Gasteiger partial charge in [-0.2, -0.15) is 0 Å². The summed E-state index contributed by atoms with van der Waals surface area (Å²) in [4.78, 5) is 29.0. The first-order valence-corrected chi connectivity index (χ1v) is 14.1. The van der Waals surface area contributed by atoms with Crippen LogP contribution in [0, 0.1) is 5.82 Å². The van der Waals surface area contributed by atoms with Gasteiger partial charge in [-0.15, -0.1) is 0 Å². The lowest BCUT2D eigenvalue weighted by Gasteiger charge is -2.27. The molecule has 0 bridgehead atoms. The van der Waals surface area contributed by atoms with Crippen molar-refractivity contribution in [3.05, 3.63) is 78.1 Å². The number of halogens is 1. The summed E-state index contributed by atoms with van der Waals surface area (Å²) in [6, 6.07) is 17.8. The van der Waals surface area contributed by atoms with E-state index >= 15 is 0 Å². The summed E-state index contributed by atoms with van der Waals surface area (Å²) in [7, 11) is 0. The van der Waals surface area contributed by atoms with Crippen molar-refractivity contribution in [3.63, 3.8) is 0 Å². The van der Waals surface area contributed by atoms with Gasteiger partial charge in [-0.1, -0.05) is 24.3 Å². The summed E-state index contributed by atoms with van der Waals surface area (Å²) in [6.07, 6.45) is 2.59. The number of aliphatic carboxylic acids is 1. The van der Waals surface area contributed by atoms with E-state index in [2.05, 4.69) is 17.0 Å². The van der Waals surface area contributed by atoms with Crippen molar-refractivity contribution in [2.24, 2.45) is 0 Å². The number of carboxylic acids is 1. The van der Waals surface area contributed by atoms with E-state index in [1.165, 1.54) is 35.6 Å². The number of carboxylic acid groups (broad SMARTS) is 1. The summed E-state index contributed by atoms with van der Waals surface area (Å²) < 4.78 is 36.8. The molecule has 3 aromatic rings. The van der Waals surface area contributed by atoms with Gasteiger partial charge in [-0.3, -0.25) is 13.7 Å². The molecule has 2 aliphatic rings. The number of benzene rings is 3. The Morgan fingerprint density at radius 1 is 0.949 bits per heavy atom. The molecule has 2 N–H and O–H groups in total. The van der Waals surface area contributed by atoms with Crippen LogP contribution in [0.2, 0.25) is 0 Å². The Bertz CT molecular complexity index is 1380. The van der Waals surface area contributed by atoms with Crippen molar-refractivity contribution in [1.82, 2.24) is 0 Å². The van der Waals surface area contributed by atoms with Gasteiger partial charge in [0.1, 0.15) is 11.9 Å². The fourth-order valence-electron chi connectivity index (χ4n) is 5.39. The minimum absolute atomic E-state index is 0.150. The summed E-state index contributed by atoms with van der Waals surface area (Å²) >= 11 is -2.64. The fourth-order valence-corrected chi connectivity index (χ4v) is 6.10. The van der Waals surface area contributed by atoms with Crippen LogP contribution in [0.3, 0.4) is 0 Å². The van der Waals surface area contributed by atoms with Crippen LogP contribution >= 0.6 is 0 Å². The molecule has 2 unspecified atom stereocenters. The van der Waals surface area contributed by atoms with E-state index in [-0.39, 0.29) is 30.3 Å². The van der Waals surface area contributed by atoms with E-state index in [9.17, 15) is 27.8 Å². The average molecular weight is 552 g/mol. The third-order valence-corrected chi connectivity index (χ3v) is 8.20. The van der Waals surface area contributed by atoms with Crippen LogP contribution in [0.15, 0.2) is 66.7 Å². The smallest absolute Gasteiger partial charge is 0.327 e. The van der Waals surface area contributed by atoms with Crippen LogP contribution in [0.1, 0.15) is 31.2 Å². The monoisotopic (exact) mass is 551 g/mol. The zero-order valence-corrected chi connectivity index (χ0v) is 22.1. The van der Waals surface area contributed by atoms with Crippen molar-refractivity contribution in [1.29, 1.82) is 0 Å². The molecular weight excluding hydrogens is 521 g/mol. The van der Waals surface area contributed by atoms with Crippen molar-refractivity contribution in [3.8, 4) is 11.1 Å². The maximum Gasteiger partial charge on any atom is 0.327 e. The summed E-state index contributed by atoms with van der Waals surface area (Å²) in [5, 5.41) is 9.91. The Kier molecular flexibility index (Phi) is 7.94. The zero-order chi connectivity index (χ0) is 27.5. The van der Waals surface area contributed by atoms with E-state index in [4.69, 9.17) is 0 Å². The van der Waals surface area contributed by atoms with Gasteiger partial charge in [0.25, 0.3) is 11.3 Å². The normalized spacial score (nSPS) is 16.2. The molecule has 1 amide bonds. The second-order valence-corrected chi connectivity index (χ2v) is 10.7. The molecule has 2 atom stereocenters. The predicted molar refractivity (Wildman–Crippen MR) is 150 cm³/mol. The van der Waals surface area contributed by atoms with Crippen molar-refractivity contribution >= 4 is 40.2 Å². The lowest BCUT2D eigenvalue weighted by atomic mass is 10.0. The molecule has 10 heteroatoms. The van der Waals surface area contributed by atoms with Gasteiger partial charge in [0.2, 0.25) is 5.91 Å². The number of nitrogens with zero attached hydrogens (tertiary/aromatic N) is 3. The minimum atomic E-state index is -2.64.